The molecular formula is C27H32FN3O3. The average molecular weight is 466 g/mol. The van der Waals surface area contributed by atoms with Gasteiger partial charge in [0, 0.05) is 31.3 Å². The molecule has 0 aliphatic heterocycles. The van der Waals surface area contributed by atoms with Crippen LogP contribution >= 0.6 is 0 Å². The molecule has 6 nitrogen and oxygen atoms in total. The summed E-state index contributed by atoms with van der Waals surface area (Å²) in [6.07, 6.45) is 5.00. The highest BCUT2D eigenvalue weighted by Gasteiger charge is 2.10. The number of ketones is 1. The van der Waals surface area contributed by atoms with E-state index in [4.69, 9.17) is 4.74 Å². The summed E-state index contributed by atoms with van der Waals surface area (Å²) in [6.45, 7) is 2.27. The van der Waals surface area contributed by atoms with Crippen LogP contribution in [0.4, 0.5) is 4.39 Å². The predicted octanol–water partition coefficient (Wildman–Crippen LogP) is 4.99. The number of hydrogen-bond donors (Lipinski definition) is 1. The fourth-order valence-corrected chi connectivity index (χ4v) is 3.55. The monoisotopic (exact) mass is 465 g/mol. The van der Waals surface area contributed by atoms with E-state index in [0.29, 0.717) is 25.1 Å². The van der Waals surface area contributed by atoms with Crippen molar-refractivity contribution in [2.45, 2.75) is 45.4 Å². The number of carbonyl (C=O) groups is 2. The first-order valence-electron chi connectivity index (χ1n) is 11.7. The van der Waals surface area contributed by atoms with Gasteiger partial charge in [-0.15, -0.1) is 0 Å². The summed E-state index contributed by atoms with van der Waals surface area (Å²) in [5, 5.41) is 7.35. The molecule has 0 saturated carbocycles. The fourth-order valence-electron chi connectivity index (χ4n) is 3.55. The Bertz CT molecular complexity index is 1060. The molecule has 1 aromatic heterocycles. The number of ether oxygens (including phenoxy) is 1. The van der Waals surface area contributed by atoms with Gasteiger partial charge in [0.2, 0.25) is 0 Å². The van der Waals surface area contributed by atoms with Gasteiger partial charge >= 0.3 is 0 Å². The first kappa shape index (κ1) is 25.1. The molecule has 0 radical (unpaired) electrons. The van der Waals surface area contributed by atoms with E-state index in [1.54, 1.807) is 31.0 Å². The highest BCUT2D eigenvalue weighted by Crippen LogP contribution is 2.19. The molecule has 0 aliphatic rings. The first-order chi connectivity index (χ1) is 16.4. The molecule has 0 aliphatic carbocycles. The average Bonchev–Trinajstić information content (AvgIpc) is 3.30. The lowest BCUT2D eigenvalue weighted by Gasteiger charge is -2.17. The van der Waals surface area contributed by atoms with Crippen molar-refractivity contribution in [3.8, 4) is 17.0 Å². The summed E-state index contributed by atoms with van der Waals surface area (Å²) in [4.78, 5) is 25.1. The van der Waals surface area contributed by atoms with E-state index in [0.717, 1.165) is 48.2 Å². The van der Waals surface area contributed by atoms with Crippen LogP contribution in [0.25, 0.3) is 11.3 Å². The zero-order valence-corrected chi connectivity index (χ0v) is 19.9. The molecule has 7 heteroatoms. The number of aromatic amines is 1. The van der Waals surface area contributed by atoms with Crippen molar-refractivity contribution in [1.82, 2.24) is 15.1 Å². The molecule has 1 heterocycles. The number of halogens is 1. The van der Waals surface area contributed by atoms with Gasteiger partial charge in [0.1, 0.15) is 17.3 Å². The number of hydrogen-bond acceptors (Lipinski definition) is 4. The molecule has 0 bridgehead atoms. The molecule has 0 saturated heterocycles. The number of rotatable bonds is 13. The van der Waals surface area contributed by atoms with Crippen LogP contribution in [0.15, 0.2) is 54.6 Å². The summed E-state index contributed by atoms with van der Waals surface area (Å²) in [5.74, 6) is 0.503. The highest BCUT2D eigenvalue weighted by molar-refractivity contribution is 5.77. The number of nitrogens with one attached hydrogen (secondary N) is 1. The van der Waals surface area contributed by atoms with Gasteiger partial charge in [-0.3, -0.25) is 9.89 Å². The molecule has 0 fully saturated rings. The van der Waals surface area contributed by atoms with Gasteiger partial charge in [-0.2, -0.15) is 5.10 Å². The molecule has 0 atom stereocenters. The maximum absolute atomic E-state index is 13.1. The molecule has 1 N–H and O–H groups in total. The molecule has 0 spiro atoms. The maximum Gasteiger partial charge on any atom is 0.260 e. The number of benzene rings is 2. The fraction of sp³-hybridized carbons (Fsp3) is 0.370. The Morgan fingerprint density at radius 3 is 2.44 bits per heavy atom. The molecule has 3 rings (SSSR count). The molecule has 1 amide bonds. The largest absolute Gasteiger partial charge is 0.484 e. The minimum Gasteiger partial charge on any atom is -0.484 e. The Morgan fingerprint density at radius 1 is 1.00 bits per heavy atom. The summed E-state index contributed by atoms with van der Waals surface area (Å²) >= 11 is 0. The van der Waals surface area contributed by atoms with E-state index in [2.05, 4.69) is 10.2 Å². The lowest BCUT2D eigenvalue weighted by molar-refractivity contribution is -0.132. The highest BCUT2D eigenvalue weighted by atomic mass is 19.1. The predicted molar refractivity (Wildman–Crippen MR) is 130 cm³/mol. The van der Waals surface area contributed by atoms with Gasteiger partial charge in [-0.05, 0) is 80.6 Å². The number of amides is 1. The molecular weight excluding hydrogens is 433 g/mol. The lowest BCUT2D eigenvalue weighted by atomic mass is 10.1. The van der Waals surface area contributed by atoms with Crippen LogP contribution in [0.5, 0.6) is 5.75 Å². The van der Waals surface area contributed by atoms with E-state index in [-0.39, 0.29) is 24.1 Å². The normalized spacial score (nSPS) is 10.8. The lowest BCUT2D eigenvalue weighted by Crippen LogP contribution is -2.32. The van der Waals surface area contributed by atoms with Crippen LogP contribution in [0.1, 0.15) is 43.9 Å². The van der Waals surface area contributed by atoms with Gasteiger partial charge < -0.3 is 14.4 Å². The summed E-state index contributed by atoms with van der Waals surface area (Å²) < 4.78 is 18.7. The molecule has 2 aromatic carbocycles. The second-order valence-electron chi connectivity index (χ2n) is 8.55. The minimum atomic E-state index is -0.259. The molecule has 34 heavy (non-hydrogen) atoms. The Balaban J connectivity index is 1.30. The van der Waals surface area contributed by atoms with E-state index >= 15 is 0 Å². The summed E-state index contributed by atoms with van der Waals surface area (Å²) in [6, 6.07) is 15.8. The number of nitrogens with zero attached hydrogens (tertiary/aromatic N) is 2. The van der Waals surface area contributed by atoms with Gasteiger partial charge in [0.15, 0.2) is 6.61 Å². The Labute approximate surface area is 200 Å². The minimum absolute atomic E-state index is 0.00357. The van der Waals surface area contributed by atoms with Crippen molar-refractivity contribution >= 4 is 11.7 Å². The van der Waals surface area contributed by atoms with Crippen molar-refractivity contribution in [3.05, 3.63) is 71.7 Å². The number of likely N-dealkylation sites (N-methyl/N-ethyl adjacent to an activating group) is 1. The van der Waals surface area contributed by atoms with Gasteiger partial charge in [0.05, 0.1) is 5.69 Å². The number of unbranched alkanes of at least 4 members (excludes halogenated alkanes) is 2. The van der Waals surface area contributed by atoms with Crippen LogP contribution in [-0.2, 0) is 22.4 Å². The van der Waals surface area contributed by atoms with Crippen LogP contribution in [0, 0.1) is 5.82 Å². The van der Waals surface area contributed by atoms with Crippen molar-refractivity contribution in [2.75, 3.05) is 20.2 Å². The van der Waals surface area contributed by atoms with Crippen molar-refractivity contribution in [1.29, 1.82) is 0 Å². The molecule has 3 aromatic rings. The van der Waals surface area contributed by atoms with E-state index in [1.165, 1.54) is 12.1 Å². The Kier molecular flexibility index (Phi) is 9.38. The Morgan fingerprint density at radius 2 is 1.74 bits per heavy atom. The summed E-state index contributed by atoms with van der Waals surface area (Å²) in [5.41, 5.74) is 3.82. The number of aryl methyl sites for hydroxylation is 2. The van der Waals surface area contributed by atoms with Crippen molar-refractivity contribution < 1.29 is 18.7 Å². The number of Topliss-reactive ketones (excluding diaryl/α,β-unsaturated/α-hetero) is 1. The summed E-state index contributed by atoms with van der Waals surface area (Å²) in [7, 11) is 1.79. The van der Waals surface area contributed by atoms with E-state index in [9.17, 15) is 14.0 Å². The van der Waals surface area contributed by atoms with Crippen molar-refractivity contribution in [2.24, 2.45) is 0 Å². The molecule has 180 valence electrons. The second kappa shape index (κ2) is 12.7. The zero-order chi connectivity index (χ0) is 24.3. The van der Waals surface area contributed by atoms with Gasteiger partial charge in [-0.1, -0.05) is 18.6 Å². The Hall–Kier alpha value is -3.48. The van der Waals surface area contributed by atoms with E-state index in [1.807, 2.05) is 30.3 Å². The van der Waals surface area contributed by atoms with E-state index < -0.39 is 0 Å². The van der Waals surface area contributed by atoms with Crippen LogP contribution in [-0.4, -0.2) is 47.0 Å². The third-order valence-electron chi connectivity index (χ3n) is 5.69. The van der Waals surface area contributed by atoms with Crippen molar-refractivity contribution in [3.63, 3.8) is 0 Å². The first-order valence-corrected chi connectivity index (χ1v) is 11.7. The van der Waals surface area contributed by atoms with Crippen LogP contribution in [0.2, 0.25) is 0 Å². The standard InChI is InChI=1S/C27H32FN3O3/c1-20(32)7-8-21-9-15-25(16-10-21)34-19-27(33)31(2)17-5-3-4-6-24-18-26(30-29-24)22-11-13-23(28)14-12-22/h9-16,18H,3-8,17,19H2,1-2H3,(H,29,30). The molecule has 0 unspecified atom stereocenters. The quantitative estimate of drug-likeness (QED) is 0.361. The third kappa shape index (κ3) is 8.14. The number of carbonyl (C=O) groups excluding carboxylic acids is 2. The topological polar surface area (TPSA) is 75.3 Å². The smallest absolute Gasteiger partial charge is 0.260 e. The van der Waals surface area contributed by atoms with Gasteiger partial charge in [-0.25, -0.2) is 4.39 Å². The maximum atomic E-state index is 13.1. The van der Waals surface area contributed by atoms with Crippen LogP contribution < -0.4 is 4.74 Å². The second-order valence-corrected chi connectivity index (χ2v) is 8.55. The van der Waals surface area contributed by atoms with Crippen LogP contribution in [0.3, 0.4) is 0 Å². The zero-order valence-electron chi connectivity index (χ0n) is 19.9. The number of aromatic nitrogens is 2. The third-order valence-corrected chi connectivity index (χ3v) is 5.69. The van der Waals surface area contributed by atoms with Gasteiger partial charge in [0.25, 0.3) is 5.91 Å². The SMILES string of the molecule is CC(=O)CCc1ccc(OCC(=O)N(C)CCCCCc2cc(-c3ccc(F)cc3)n[nH]2)cc1. The number of H-pyrrole nitrogens is 1.